The number of nitrogens with one attached hydrogen (secondary N) is 2. The van der Waals surface area contributed by atoms with E-state index in [0.717, 1.165) is 11.3 Å². The van der Waals surface area contributed by atoms with E-state index in [1.807, 2.05) is 30.9 Å². The van der Waals surface area contributed by atoms with Crippen LogP contribution < -0.4 is 15.7 Å². The summed E-state index contributed by atoms with van der Waals surface area (Å²) in [6.07, 6.45) is 0. The molecule has 2 amide bonds. The molecule has 0 radical (unpaired) electrons. The number of hydroxylamine groups is 1. The minimum atomic E-state index is -0.641. The predicted molar refractivity (Wildman–Crippen MR) is 97.2 cm³/mol. The van der Waals surface area contributed by atoms with Gasteiger partial charge in [0, 0.05) is 12.1 Å². The number of anilines is 2. The molecule has 0 saturated heterocycles. The predicted octanol–water partition coefficient (Wildman–Crippen LogP) is 2.49. The van der Waals surface area contributed by atoms with Gasteiger partial charge in [-0.2, -0.15) is 0 Å². The van der Waals surface area contributed by atoms with Crippen molar-refractivity contribution in [3.63, 3.8) is 0 Å². The van der Waals surface area contributed by atoms with Crippen LogP contribution in [-0.4, -0.2) is 28.2 Å². The van der Waals surface area contributed by atoms with E-state index in [1.54, 1.807) is 35.8 Å². The Hall–Kier alpha value is -3.06. The molecule has 0 aromatic heterocycles. The Bertz CT molecular complexity index is 833. The molecular weight excluding hydrogens is 334 g/mol. The number of benzene rings is 2. The number of fused-ring (bicyclic) bond motifs is 1. The van der Waals surface area contributed by atoms with Gasteiger partial charge in [0.05, 0.1) is 11.4 Å². The first-order chi connectivity index (χ1) is 12.4. The van der Waals surface area contributed by atoms with E-state index in [1.165, 1.54) is 0 Å². The molecule has 3 rings (SSSR count). The van der Waals surface area contributed by atoms with Crippen LogP contribution in [0.3, 0.4) is 0 Å². The van der Waals surface area contributed by atoms with Gasteiger partial charge in [-0.3, -0.25) is 14.8 Å². The third-order valence-electron chi connectivity index (χ3n) is 4.45. The second kappa shape index (κ2) is 7.05. The Morgan fingerprint density at radius 1 is 1.23 bits per heavy atom. The van der Waals surface area contributed by atoms with Gasteiger partial charge in [-0.25, -0.2) is 5.48 Å². The molecule has 1 aliphatic heterocycles. The number of carbonyl (C=O) groups is 2. The van der Waals surface area contributed by atoms with Crippen LogP contribution in [0.25, 0.3) is 0 Å². The zero-order chi connectivity index (χ0) is 18.8. The van der Waals surface area contributed by atoms with Gasteiger partial charge >= 0.3 is 0 Å². The molecule has 4 N–H and O–H groups in total. The minimum Gasteiger partial charge on any atom is -0.508 e. The quantitative estimate of drug-likeness (QED) is 0.499. The molecule has 2 aromatic rings. The third-order valence-corrected chi connectivity index (χ3v) is 4.45. The Labute approximate surface area is 151 Å². The third kappa shape index (κ3) is 3.34. The van der Waals surface area contributed by atoms with Gasteiger partial charge in [0.1, 0.15) is 11.8 Å². The van der Waals surface area contributed by atoms with Crippen LogP contribution in [0.1, 0.15) is 29.8 Å². The van der Waals surface area contributed by atoms with Crippen LogP contribution in [0.15, 0.2) is 42.5 Å². The van der Waals surface area contributed by atoms with Crippen LogP contribution in [0, 0.1) is 5.92 Å². The summed E-state index contributed by atoms with van der Waals surface area (Å²) < 4.78 is 0. The van der Waals surface area contributed by atoms with E-state index in [-0.39, 0.29) is 29.2 Å². The first-order valence-corrected chi connectivity index (χ1v) is 8.34. The van der Waals surface area contributed by atoms with Crippen molar-refractivity contribution in [2.75, 3.05) is 10.2 Å². The van der Waals surface area contributed by atoms with E-state index in [2.05, 4.69) is 5.32 Å². The van der Waals surface area contributed by atoms with E-state index >= 15 is 0 Å². The molecule has 7 nitrogen and oxygen atoms in total. The second-order valence-electron chi connectivity index (χ2n) is 6.65. The number of phenols is 1. The summed E-state index contributed by atoms with van der Waals surface area (Å²) >= 11 is 0. The lowest BCUT2D eigenvalue weighted by Crippen LogP contribution is -2.50. The van der Waals surface area contributed by atoms with Crippen molar-refractivity contribution in [2.24, 2.45) is 5.92 Å². The summed E-state index contributed by atoms with van der Waals surface area (Å²) in [6, 6.07) is 11.4. The summed E-state index contributed by atoms with van der Waals surface area (Å²) in [6.45, 7) is 4.44. The molecule has 26 heavy (non-hydrogen) atoms. The molecule has 7 heteroatoms. The maximum atomic E-state index is 12.7. The smallest absolute Gasteiger partial charge is 0.274 e. The Balaban J connectivity index is 2.02. The summed E-state index contributed by atoms with van der Waals surface area (Å²) in [5.41, 5.74) is 4.11. The zero-order valence-corrected chi connectivity index (χ0v) is 14.6. The number of rotatable bonds is 4. The number of aromatic hydroxyl groups is 1. The first-order valence-electron chi connectivity index (χ1n) is 8.34. The standard InChI is InChI=1S/C19H21N3O4/c1-11(2)17-19(25)20-15-9-13(18(24)21-26)5-8-16(15)22(17)10-12-3-6-14(23)7-4-12/h3-9,11,17,23,26H,10H2,1-2H3,(H,20,25)(H,21,24)/t17-/m0/s1. The van der Waals surface area contributed by atoms with Crippen molar-refractivity contribution >= 4 is 23.2 Å². The van der Waals surface area contributed by atoms with Gasteiger partial charge in [0.15, 0.2) is 0 Å². The maximum Gasteiger partial charge on any atom is 0.274 e. The molecule has 0 fully saturated rings. The maximum absolute atomic E-state index is 12.7. The van der Waals surface area contributed by atoms with E-state index in [4.69, 9.17) is 5.21 Å². The monoisotopic (exact) mass is 355 g/mol. The van der Waals surface area contributed by atoms with Crippen molar-refractivity contribution in [3.05, 3.63) is 53.6 Å². The van der Waals surface area contributed by atoms with Gasteiger partial charge < -0.3 is 15.3 Å². The van der Waals surface area contributed by atoms with Crippen molar-refractivity contribution < 1.29 is 19.9 Å². The van der Waals surface area contributed by atoms with Crippen LogP contribution >= 0.6 is 0 Å². The molecule has 0 saturated carbocycles. The molecular formula is C19H21N3O4. The zero-order valence-electron chi connectivity index (χ0n) is 14.6. The van der Waals surface area contributed by atoms with Gasteiger partial charge in [-0.15, -0.1) is 0 Å². The molecule has 0 unspecified atom stereocenters. The molecule has 1 aliphatic rings. The lowest BCUT2D eigenvalue weighted by molar-refractivity contribution is -0.118. The number of phenolic OH excluding ortho intramolecular Hbond substituents is 1. The summed E-state index contributed by atoms with van der Waals surface area (Å²) in [5.74, 6) is -0.530. The van der Waals surface area contributed by atoms with Crippen molar-refractivity contribution in [2.45, 2.75) is 26.4 Å². The van der Waals surface area contributed by atoms with Crippen molar-refractivity contribution in [1.82, 2.24) is 5.48 Å². The molecule has 0 bridgehead atoms. The van der Waals surface area contributed by atoms with E-state index < -0.39 is 5.91 Å². The lowest BCUT2D eigenvalue weighted by atomic mass is 9.96. The van der Waals surface area contributed by atoms with Gasteiger partial charge in [-0.1, -0.05) is 26.0 Å². The normalized spacial score (nSPS) is 16.2. The summed E-state index contributed by atoms with van der Waals surface area (Å²) in [7, 11) is 0. The Kier molecular flexibility index (Phi) is 4.81. The number of hydrogen-bond donors (Lipinski definition) is 4. The highest BCUT2D eigenvalue weighted by molar-refractivity contribution is 6.05. The molecule has 0 spiro atoms. The van der Waals surface area contributed by atoms with Crippen molar-refractivity contribution in [3.8, 4) is 5.75 Å². The fourth-order valence-electron chi connectivity index (χ4n) is 3.23. The lowest BCUT2D eigenvalue weighted by Gasteiger charge is -2.40. The summed E-state index contributed by atoms with van der Waals surface area (Å²) in [5, 5.41) is 21.1. The molecule has 136 valence electrons. The van der Waals surface area contributed by atoms with Crippen LogP contribution in [0.4, 0.5) is 11.4 Å². The largest absolute Gasteiger partial charge is 0.508 e. The topological polar surface area (TPSA) is 102 Å². The van der Waals surface area contributed by atoms with Crippen molar-refractivity contribution in [1.29, 1.82) is 0 Å². The average Bonchev–Trinajstić information content (AvgIpc) is 2.61. The fraction of sp³-hybridized carbons (Fsp3) is 0.263. The van der Waals surface area contributed by atoms with Crippen LogP contribution in [-0.2, 0) is 11.3 Å². The highest BCUT2D eigenvalue weighted by atomic mass is 16.5. The number of hydrogen-bond acceptors (Lipinski definition) is 5. The Morgan fingerprint density at radius 3 is 2.54 bits per heavy atom. The van der Waals surface area contributed by atoms with Gasteiger partial charge in [0.2, 0.25) is 5.91 Å². The first kappa shape index (κ1) is 17.8. The Morgan fingerprint density at radius 2 is 1.92 bits per heavy atom. The summed E-state index contributed by atoms with van der Waals surface area (Å²) in [4.78, 5) is 26.3. The second-order valence-corrected chi connectivity index (χ2v) is 6.65. The molecule has 2 aromatic carbocycles. The van der Waals surface area contributed by atoms with Crippen LogP contribution in [0.5, 0.6) is 5.75 Å². The average molecular weight is 355 g/mol. The highest BCUT2D eigenvalue weighted by Gasteiger charge is 2.35. The number of carbonyl (C=O) groups excluding carboxylic acids is 2. The number of nitrogens with zero attached hydrogens (tertiary/aromatic N) is 1. The fourth-order valence-corrected chi connectivity index (χ4v) is 3.23. The minimum absolute atomic E-state index is 0.0701. The van der Waals surface area contributed by atoms with Crippen LogP contribution in [0.2, 0.25) is 0 Å². The van der Waals surface area contributed by atoms with E-state index in [9.17, 15) is 14.7 Å². The van der Waals surface area contributed by atoms with Gasteiger partial charge in [-0.05, 0) is 41.8 Å². The molecule has 0 aliphatic carbocycles. The SMILES string of the molecule is CC(C)[C@H]1C(=O)Nc2cc(C(=O)NO)ccc2N1Cc1ccc(O)cc1. The molecule has 1 atom stereocenters. The van der Waals surface area contributed by atoms with E-state index in [0.29, 0.717) is 12.2 Å². The highest BCUT2D eigenvalue weighted by Crippen LogP contribution is 2.36. The van der Waals surface area contributed by atoms with Gasteiger partial charge in [0.25, 0.3) is 5.91 Å². The number of amides is 2. The molecule has 1 heterocycles.